The van der Waals surface area contributed by atoms with Gasteiger partial charge in [0, 0.05) is 11.3 Å². The molecule has 2 aromatic heterocycles. The largest absolute Gasteiger partial charge is 0.472 e. The van der Waals surface area contributed by atoms with E-state index in [1.54, 1.807) is 11.3 Å². The van der Waals surface area contributed by atoms with E-state index in [0.29, 0.717) is 12.0 Å². The Hall–Kier alpha value is -2.06. The molecule has 0 fully saturated rings. The number of hydrogen-bond acceptors (Lipinski definition) is 5. The van der Waals surface area contributed by atoms with Crippen LogP contribution in [0.25, 0.3) is 0 Å². The van der Waals surface area contributed by atoms with Crippen molar-refractivity contribution in [2.24, 2.45) is 5.92 Å². The van der Waals surface area contributed by atoms with Crippen LogP contribution in [-0.4, -0.2) is 12.6 Å². The van der Waals surface area contributed by atoms with Gasteiger partial charge in [-0.3, -0.25) is 0 Å². The van der Waals surface area contributed by atoms with E-state index in [1.807, 2.05) is 17.5 Å². The second-order valence-corrected chi connectivity index (χ2v) is 4.75. The molecule has 5 heteroatoms. The molecule has 4 nitrogen and oxygen atoms in total. The molecule has 1 unspecified atom stereocenters. The zero-order valence-electron chi connectivity index (χ0n) is 9.54. The SMILES string of the molecule is N#CC(COC(=O)c1ccoc1)Cc1cccs1. The maximum Gasteiger partial charge on any atom is 0.341 e. The van der Waals surface area contributed by atoms with E-state index >= 15 is 0 Å². The highest BCUT2D eigenvalue weighted by Crippen LogP contribution is 2.15. The molecule has 0 amide bonds. The standard InChI is InChI=1S/C13H11NO3S/c14-7-10(6-12-2-1-5-18-12)8-17-13(15)11-3-4-16-9-11/h1-5,9-10H,6,8H2. The normalized spacial score (nSPS) is 11.7. The first-order valence-corrected chi connectivity index (χ1v) is 6.29. The van der Waals surface area contributed by atoms with Crippen LogP contribution in [0.5, 0.6) is 0 Å². The van der Waals surface area contributed by atoms with Gasteiger partial charge in [0.25, 0.3) is 0 Å². The molecule has 2 rings (SSSR count). The first-order chi connectivity index (χ1) is 8.79. The third-order valence-electron chi connectivity index (χ3n) is 2.38. The summed E-state index contributed by atoms with van der Waals surface area (Å²) in [6, 6.07) is 7.58. The van der Waals surface area contributed by atoms with Gasteiger partial charge in [-0.05, 0) is 17.5 Å². The molecule has 0 bridgehead atoms. The zero-order chi connectivity index (χ0) is 12.8. The fraction of sp³-hybridized carbons (Fsp3) is 0.231. The van der Waals surface area contributed by atoms with Crippen molar-refractivity contribution in [2.45, 2.75) is 6.42 Å². The number of carbonyl (C=O) groups is 1. The van der Waals surface area contributed by atoms with Crippen LogP contribution in [0.15, 0.2) is 40.5 Å². The molecule has 92 valence electrons. The number of rotatable bonds is 5. The van der Waals surface area contributed by atoms with Crippen LogP contribution in [0.3, 0.4) is 0 Å². The summed E-state index contributed by atoms with van der Waals surface area (Å²) < 4.78 is 9.86. The highest BCUT2D eigenvalue weighted by Gasteiger charge is 2.14. The van der Waals surface area contributed by atoms with Crippen LogP contribution in [0, 0.1) is 17.2 Å². The highest BCUT2D eigenvalue weighted by atomic mass is 32.1. The number of thiophene rings is 1. The molecule has 0 spiro atoms. The smallest absolute Gasteiger partial charge is 0.341 e. The Bertz CT molecular complexity index is 525. The minimum absolute atomic E-state index is 0.0956. The van der Waals surface area contributed by atoms with Crippen LogP contribution in [0.4, 0.5) is 0 Å². The van der Waals surface area contributed by atoms with Gasteiger partial charge in [0.15, 0.2) is 0 Å². The Kier molecular flexibility index (Phi) is 4.15. The van der Waals surface area contributed by atoms with Crippen LogP contribution < -0.4 is 0 Å². The van der Waals surface area contributed by atoms with Crippen molar-refractivity contribution in [3.05, 3.63) is 46.5 Å². The van der Waals surface area contributed by atoms with Crippen molar-refractivity contribution >= 4 is 17.3 Å². The predicted molar refractivity (Wildman–Crippen MR) is 66.1 cm³/mol. The average Bonchev–Trinajstić information content (AvgIpc) is 3.06. The summed E-state index contributed by atoms with van der Waals surface area (Å²) >= 11 is 1.59. The van der Waals surface area contributed by atoms with E-state index in [0.717, 1.165) is 4.88 Å². The molecule has 0 aliphatic heterocycles. The fourth-order valence-corrected chi connectivity index (χ4v) is 2.24. The second-order valence-electron chi connectivity index (χ2n) is 3.72. The minimum atomic E-state index is -0.463. The number of nitrogens with zero attached hydrogens (tertiary/aromatic N) is 1. The summed E-state index contributed by atoms with van der Waals surface area (Å²) in [6.07, 6.45) is 3.33. The molecule has 18 heavy (non-hydrogen) atoms. The number of furan rings is 1. The van der Waals surface area contributed by atoms with Crippen LogP contribution in [-0.2, 0) is 11.2 Å². The van der Waals surface area contributed by atoms with Crippen LogP contribution in [0.2, 0.25) is 0 Å². The van der Waals surface area contributed by atoms with Gasteiger partial charge in [-0.15, -0.1) is 11.3 Å². The molecule has 0 aliphatic rings. The molecule has 1 atom stereocenters. The lowest BCUT2D eigenvalue weighted by Crippen LogP contribution is -2.14. The third kappa shape index (κ3) is 3.22. The van der Waals surface area contributed by atoms with E-state index in [9.17, 15) is 4.79 Å². The minimum Gasteiger partial charge on any atom is -0.472 e. The van der Waals surface area contributed by atoms with E-state index in [2.05, 4.69) is 6.07 Å². The number of nitriles is 1. The van der Waals surface area contributed by atoms with Crippen LogP contribution in [0.1, 0.15) is 15.2 Å². The number of esters is 1. The number of ether oxygens (including phenoxy) is 1. The van der Waals surface area contributed by atoms with Gasteiger partial charge in [0.05, 0.1) is 23.8 Å². The predicted octanol–water partition coefficient (Wildman–Crippen LogP) is 2.88. The first kappa shape index (κ1) is 12.4. The van der Waals surface area contributed by atoms with Gasteiger partial charge in [-0.1, -0.05) is 6.07 Å². The van der Waals surface area contributed by atoms with Crippen molar-refractivity contribution in [3.63, 3.8) is 0 Å². The summed E-state index contributed by atoms with van der Waals surface area (Å²) in [5.74, 6) is -0.783. The molecule has 0 N–H and O–H groups in total. The quantitative estimate of drug-likeness (QED) is 0.776. The summed E-state index contributed by atoms with van der Waals surface area (Å²) in [4.78, 5) is 12.7. The molecular formula is C13H11NO3S. The van der Waals surface area contributed by atoms with E-state index in [1.165, 1.54) is 18.6 Å². The maximum absolute atomic E-state index is 11.5. The monoisotopic (exact) mass is 261 g/mol. The lowest BCUT2D eigenvalue weighted by Gasteiger charge is -2.08. The molecule has 0 aromatic carbocycles. The molecule has 2 heterocycles. The Labute approximate surface area is 108 Å². The van der Waals surface area contributed by atoms with Crippen molar-refractivity contribution in [2.75, 3.05) is 6.61 Å². The number of carbonyl (C=O) groups excluding carboxylic acids is 1. The van der Waals surface area contributed by atoms with Crippen molar-refractivity contribution in [3.8, 4) is 6.07 Å². The van der Waals surface area contributed by atoms with E-state index in [4.69, 9.17) is 14.4 Å². The summed E-state index contributed by atoms with van der Waals surface area (Å²) in [7, 11) is 0. The number of hydrogen-bond donors (Lipinski definition) is 0. The third-order valence-corrected chi connectivity index (χ3v) is 3.28. The lowest BCUT2D eigenvalue weighted by molar-refractivity contribution is 0.0467. The molecular weight excluding hydrogens is 250 g/mol. The van der Waals surface area contributed by atoms with Gasteiger partial charge in [-0.25, -0.2) is 4.79 Å². The van der Waals surface area contributed by atoms with E-state index in [-0.39, 0.29) is 12.5 Å². The molecule has 0 saturated carbocycles. The van der Waals surface area contributed by atoms with Crippen molar-refractivity contribution in [1.82, 2.24) is 0 Å². The highest BCUT2D eigenvalue weighted by molar-refractivity contribution is 7.09. The van der Waals surface area contributed by atoms with Crippen LogP contribution >= 0.6 is 11.3 Å². The Morgan fingerprint density at radius 1 is 1.56 bits per heavy atom. The van der Waals surface area contributed by atoms with Gasteiger partial charge in [0.1, 0.15) is 12.9 Å². The van der Waals surface area contributed by atoms with Gasteiger partial charge >= 0.3 is 5.97 Å². The first-order valence-electron chi connectivity index (χ1n) is 5.41. The topological polar surface area (TPSA) is 63.2 Å². The second kappa shape index (κ2) is 6.03. The summed E-state index contributed by atoms with van der Waals surface area (Å²) in [5, 5.41) is 11.0. The van der Waals surface area contributed by atoms with Gasteiger partial charge in [0.2, 0.25) is 0 Å². The average molecular weight is 261 g/mol. The van der Waals surface area contributed by atoms with Crippen molar-refractivity contribution in [1.29, 1.82) is 5.26 Å². The summed E-state index contributed by atoms with van der Waals surface area (Å²) in [5.41, 5.74) is 0.364. The zero-order valence-corrected chi connectivity index (χ0v) is 10.4. The Balaban J connectivity index is 1.84. The van der Waals surface area contributed by atoms with Gasteiger partial charge < -0.3 is 9.15 Å². The fourth-order valence-electron chi connectivity index (χ4n) is 1.45. The summed E-state index contributed by atoms with van der Waals surface area (Å²) in [6.45, 7) is 0.0956. The van der Waals surface area contributed by atoms with Gasteiger partial charge in [-0.2, -0.15) is 5.26 Å². The molecule has 2 aromatic rings. The molecule has 0 saturated heterocycles. The van der Waals surface area contributed by atoms with Crippen molar-refractivity contribution < 1.29 is 13.9 Å². The lowest BCUT2D eigenvalue weighted by atomic mass is 10.1. The maximum atomic E-state index is 11.5. The van der Waals surface area contributed by atoms with E-state index < -0.39 is 5.97 Å². The Morgan fingerprint density at radius 2 is 2.44 bits per heavy atom. The molecule has 0 aliphatic carbocycles. The molecule has 0 radical (unpaired) electrons. The Morgan fingerprint density at radius 3 is 3.06 bits per heavy atom.